The van der Waals surface area contributed by atoms with Crippen LogP contribution in [0.1, 0.15) is 125 Å². The molecule has 4 aliphatic carbocycles. The number of pyridine rings is 1. The molecule has 3 fully saturated rings. The minimum atomic E-state index is -0.0373. The molecule has 1 unspecified atom stereocenters. The summed E-state index contributed by atoms with van der Waals surface area (Å²) < 4.78 is 11.8. The fourth-order valence-corrected chi connectivity index (χ4v) is 9.99. The average Bonchev–Trinajstić information content (AvgIpc) is 3.31. The van der Waals surface area contributed by atoms with E-state index in [9.17, 15) is 4.79 Å². The number of allylic oxidation sites excluding steroid dienone is 1. The van der Waals surface area contributed by atoms with E-state index in [1.807, 2.05) is 12.1 Å². The number of ether oxygens (including phenoxy) is 2. The lowest BCUT2D eigenvalue weighted by Gasteiger charge is -2.58. The molecule has 228 valence electrons. The summed E-state index contributed by atoms with van der Waals surface area (Å²) in [5, 5.41) is 0. The molecule has 1 heterocycles. The zero-order chi connectivity index (χ0) is 29.0. The zero-order valence-corrected chi connectivity index (χ0v) is 26.7. The molecular formula is C37H57NO3. The molecule has 1 aromatic rings. The maximum Gasteiger partial charge on any atom is 0.306 e. The first kappa shape index (κ1) is 30.6. The van der Waals surface area contributed by atoms with Crippen LogP contribution in [0.2, 0.25) is 0 Å². The zero-order valence-electron chi connectivity index (χ0n) is 26.7. The first-order valence-electron chi connectivity index (χ1n) is 17.1. The second-order valence-electron chi connectivity index (χ2n) is 15.1. The molecule has 0 bridgehead atoms. The summed E-state index contributed by atoms with van der Waals surface area (Å²) >= 11 is 0. The maximum absolute atomic E-state index is 12.7. The molecule has 0 N–H and O–H groups in total. The van der Waals surface area contributed by atoms with Crippen molar-refractivity contribution >= 4 is 5.97 Å². The molecule has 0 radical (unpaired) electrons. The van der Waals surface area contributed by atoms with E-state index < -0.39 is 0 Å². The van der Waals surface area contributed by atoms with Gasteiger partial charge < -0.3 is 9.47 Å². The van der Waals surface area contributed by atoms with Crippen LogP contribution in [0.4, 0.5) is 0 Å². The molecule has 0 aromatic carbocycles. The summed E-state index contributed by atoms with van der Waals surface area (Å²) in [4.78, 5) is 16.7. The van der Waals surface area contributed by atoms with Crippen LogP contribution in [0.3, 0.4) is 0 Å². The Kier molecular flexibility index (Phi) is 9.86. The third-order valence-corrected chi connectivity index (χ3v) is 12.3. The van der Waals surface area contributed by atoms with E-state index in [0.717, 1.165) is 66.9 Å². The van der Waals surface area contributed by atoms with Crippen LogP contribution in [0, 0.1) is 46.3 Å². The van der Waals surface area contributed by atoms with Gasteiger partial charge in [-0.2, -0.15) is 0 Å². The van der Waals surface area contributed by atoms with Gasteiger partial charge in [-0.15, -0.1) is 0 Å². The number of hydrogen-bond donors (Lipinski definition) is 0. The number of carbonyl (C=O) groups is 1. The Bertz CT molecular complexity index is 1040. The van der Waals surface area contributed by atoms with Crippen LogP contribution in [0.5, 0.6) is 5.75 Å². The molecule has 4 heteroatoms. The number of fused-ring (bicyclic) bond motifs is 5. The van der Waals surface area contributed by atoms with Crippen molar-refractivity contribution in [3.8, 4) is 5.75 Å². The summed E-state index contributed by atoms with van der Waals surface area (Å²) in [5.74, 6) is 5.96. The van der Waals surface area contributed by atoms with Gasteiger partial charge in [0, 0.05) is 25.2 Å². The lowest BCUT2D eigenvalue weighted by atomic mass is 9.47. The van der Waals surface area contributed by atoms with Gasteiger partial charge in [0.05, 0.1) is 6.61 Å². The van der Waals surface area contributed by atoms with E-state index in [1.165, 1.54) is 57.8 Å². The highest BCUT2D eigenvalue weighted by molar-refractivity contribution is 5.69. The standard InChI is InChI=1S/C37H57NO3/c1-26(2)9-8-10-27(3)32-14-15-33-31-13-12-28-25-30(16-20-36(28,4)34(31)17-21-37(32,33)5)41-35(39)11-6-7-24-40-29-18-22-38-23-19-29/h12,18-19,22-23,26-27,30-34H,6-11,13-17,20-21,24-25H2,1-5H3/t27-,30?,31+,32-,33+,34+,36+,37-/m1/s1. The predicted molar refractivity (Wildman–Crippen MR) is 167 cm³/mol. The summed E-state index contributed by atoms with van der Waals surface area (Å²) in [6.07, 6.45) is 22.6. The molecule has 5 rings (SSSR count). The first-order valence-corrected chi connectivity index (χ1v) is 17.1. The Morgan fingerprint density at radius 1 is 0.976 bits per heavy atom. The number of carbonyl (C=O) groups excluding carboxylic acids is 1. The van der Waals surface area contributed by atoms with Crippen molar-refractivity contribution in [3.05, 3.63) is 36.2 Å². The molecular weight excluding hydrogens is 506 g/mol. The molecule has 0 spiro atoms. The first-order chi connectivity index (χ1) is 19.7. The number of unbranched alkanes of at least 4 members (excludes halogenated alkanes) is 1. The Hall–Kier alpha value is -1.84. The van der Waals surface area contributed by atoms with Gasteiger partial charge >= 0.3 is 5.97 Å². The highest BCUT2D eigenvalue weighted by atomic mass is 16.5. The minimum absolute atomic E-state index is 0.0373. The van der Waals surface area contributed by atoms with Gasteiger partial charge in [-0.1, -0.05) is 65.5 Å². The van der Waals surface area contributed by atoms with E-state index in [4.69, 9.17) is 9.47 Å². The van der Waals surface area contributed by atoms with Gasteiger partial charge in [0.1, 0.15) is 11.9 Å². The topological polar surface area (TPSA) is 48.4 Å². The summed E-state index contributed by atoms with van der Waals surface area (Å²) in [7, 11) is 0. The number of rotatable bonds is 12. The van der Waals surface area contributed by atoms with Gasteiger partial charge in [-0.3, -0.25) is 9.78 Å². The molecule has 3 saturated carbocycles. The second kappa shape index (κ2) is 13.2. The fourth-order valence-electron chi connectivity index (χ4n) is 9.99. The van der Waals surface area contributed by atoms with Crippen molar-refractivity contribution < 1.29 is 14.3 Å². The quantitative estimate of drug-likeness (QED) is 0.144. The van der Waals surface area contributed by atoms with Crippen molar-refractivity contribution in [3.63, 3.8) is 0 Å². The van der Waals surface area contributed by atoms with Gasteiger partial charge in [0.2, 0.25) is 0 Å². The molecule has 41 heavy (non-hydrogen) atoms. The molecule has 0 saturated heterocycles. The van der Waals surface area contributed by atoms with Crippen LogP contribution in [-0.2, 0) is 9.53 Å². The second-order valence-corrected chi connectivity index (χ2v) is 15.1. The predicted octanol–water partition coefficient (Wildman–Crippen LogP) is 9.58. The largest absolute Gasteiger partial charge is 0.493 e. The Morgan fingerprint density at radius 2 is 1.78 bits per heavy atom. The summed E-state index contributed by atoms with van der Waals surface area (Å²) in [6, 6.07) is 3.72. The molecule has 0 amide bonds. The van der Waals surface area contributed by atoms with Crippen LogP contribution in [0.15, 0.2) is 36.2 Å². The van der Waals surface area contributed by atoms with Crippen molar-refractivity contribution in [2.75, 3.05) is 6.61 Å². The summed E-state index contributed by atoms with van der Waals surface area (Å²) in [6.45, 7) is 13.2. The third kappa shape index (κ3) is 6.72. The minimum Gasteiger partial charge on any atom is -0.493 e. The number of hydrogen-bond acceptors (Lipinski definition) is 4. The van der Waals surface area contributed by atoms with Crippen LogP contribution >= 0.6 is 0 Å². The number of nitrogens with zero attached hydrogens (tertiary/aromatic N) is 1. The molecule has 4 nitrogen and oxygen atoms in total. The Morgan fingerprint density at radius 3 is 2.56 bits per heavy atom. The Labute approximate surface area is 250 Å². The molecule has 1 aromatic heterocycles. The van der Waals surface area contributed by atoms with Gasteiger partial charge in [0.25, 0.3) is 0 Å². The van der Waals surface area contributed by atoms with Gasteiger partial charge in [-0.25, -0.2) is 0 Å². The van der Waals surface area contributed by atoms with Crippen molar-refractivity contribution in [1.82, 2.24) is 4.98 Å². The average molecular weight is 564 g/mol. The molecule has 4 aliphatic rings. The van der Waals surface area contributed by atoms with Crippen molar-refractivity contribution in [1.29, 1.82) is 0 Å². The van der Waals surface area contributed by atoms with Gasteiger partial charge in [0.15, 0.2) is 0 Å². The number of aromatic nitrogens is 1. The highest BCUT2D eigenvalue weighted by Crippen LogP contribution is 2.67. The van der Waals surface area contributed by atoms with E-state index in [1.54, 1.807) is 18.0 Å². The van der Waals surface area contributed by atoms with E-state index in [2.05, 4.69) is 45.7 Å². The lowest BCUT2D eigenvalue weighted by Crippen LogP contribution is -2.51. The van der Waals surface area contributed by atoms with Crippen molar-refractivity contribution in [2.24, 2.45) is 46.3 Å². The monoisotopic (exact) mass is 563 g/mol. The van der Waals surface area contributed by atoms with Crippen molar-refractivity contribution in [2.45, 2.75) is 131 Å². The third-order valence-electron chi connectivity index (χ3n) is 12.3. The normalized spacial score (nSPS) is 35.2. The molecule has 8 atom stereocenters. The Balaban J connectivity index is 1.11. The summed E-state index contributed by atoms with van der Waals surface area (Å²) in [5.41, 5.74) is 2.45. The van der Waals surface area contributed by atoms with E-state index in [-0.39, 0.29) is 12.1 Å². The van der Waals surface area contributed by atoms with Crippen LogP contribution < -0.4 is 4.74 Å². The lowest BCUT2D eigenvalue weighted by molar-refractivity contribution is -0.151. The van der Waals surface area contributed by atoms with Crippen LogP contribution in [-0.4, -0.2) is 23.7 Å². The fraction of sp³-hybridized carbons (Fsp3) is 0.784. The SMILES string of the molecule is CC(C)CCC[C@@H](C)[C@H]1CC[C@H]2[C@@H]3CC=C4CC(OC(=O)CCCCOc5ccncc5)CC[C@]4(C)[C@H]3CC[C@]12C. The molecule has 0 aliphatic heterocycles. The number of esters is 1. The van der Waals surface area contributed by atoms with E-state index in [0.29, 0.717) is 23.9 Å². The van der Waals surface area contributed by atoms with E-state index >= 15 is 0 Å². The van der Waals surface area contributed by atoms with Gasteiger partial charge in [-0.05, 0) is 116 Å². The highest BCUT2D eigenvalue weighted by Gasteiger charge is 2.59. The smallest absolute Gasteiger partial charge is 0.306 e. The van der Waals surface area contributed by atoms with Crippen LogP contribution in [0.25, 0.3) is 0 Å². The maximum atomic E-state index is 12.7.